The molecule has 0 atom stereocenters. The van der Waals surface area contributed by atoms with Gasteiger partial charge in [-0.05, 0) is 29.8 Å². The minimum absolute atomic E-state index is 0.212. The summed E-state index contributed by atoms with van der Waals surface area (Å²) in [7, 11) is 0. The Morgan fingerprint density at radius 3 is 2.75 bits per heavy atom. The van der Waals surface area contributed by atoms with Crippen LogP contribution in [-0.4, -0.2) is 12.5 Å². The number of rotatable bonds is 5. The molecule has 0 aliphatic carbocycles. The molecular weight excluding hydrogens is 324 g/mol. The third-order valence-corrected chi connectivity index (χ3v) is 3.06. The van der Waals surface area contributed by atoms with Crippen LogP contribution in [0.25, 0.3) is 21.8 Å². The lowest BCUT2D eigenvalue weighted by molar-refractivity contribution is -0.119. The Hall–Kier alpha value is -2.24. The molecule has 2 aromatic rings. The number of amides is 1. The average Bonchev–Trinajstić information content (AvgIpc) is 2.92. The Kier molecular flexibility index (Phi) is 4.81. The van der Waals surface area contributed by atoms with Gasteiger partial charge in [-0.25, -0.2) is 0 Å². The molecule has 2 rings (SSSR count). The third kappa shape index (κ3) is 3.88. The van der Waals surface area contributed by atoms with Crippen LogP contribution in [0.1, 0.15) is 5.76 Å². The monoisotopic (exact) mass is 334 g/mol. The van der Waals surface area contributed by atoms with Crippen molar-refractivity contribution in [2.24, 2.45) is 5.11 Å². The van der Waals surface area contributed by atoms with E-state index in [4.69, 9.17) is 9.95 Å². The molecular formula is C13H11BrN4O2. The largest absolute Gasteiger partial charge is 0.459 e. The fraction of sp³-hybridized carbons (Fsp3) is 0.154. The summed E-state index contributed by atoms with van der Waals surface area (Å²) in [4.78, 5) is 13.8. The standard InChI is InChI=1S/C13H11BrN4O2/c14-10-3-1-9(2-4-10)12-6-5-11(20-12)7-16-13(19)8-17-18-15/h1-6H,7-8H2,(H,16,19). The fourth-order valence-corrected chi connectivity index (χ4v) is 1.84. The maximum absolute atomic E-state index is 11.3. The zero-order valence-electron chi connectivity index (χ0n) is 10.4. The summed E-state index contributed by atoms with van der Waals surface area (Å²) in [5, 5.41) is 5.78. The number of furan rings is 1. The van der Waals surface area contributed by atoms with Crippen molar-refractivity contribution in [3.05, 3.63) is 57.1 Å². The molecule has 0 radical (unpaired) electrons. The quantitative estimate of drug-likeness (QED) is 0.513. The van der Waals surface area contributed by atoms with Crippen molar-refractivity contribution in [3.63, 3.8) is 0 Å². The van der Waals surface area contributed by atoms with Crippen LogP contribution in [0.2, 0.25) is 0 Å². The number of carbonyl (C=O) groups is 1. The summed E-state index contributed by atoms with van der Waals surface area (Å²) in [5.41, 5.74) is 9.06. The van der Waals surface area contributed by atoms with Gasteiger partial charge in [-0.2, -0.15) is 0 Å². The van der Waals surface area contributed by atoms with E-state index in [1.807, 2.05) is 30.3 Å². The van der Waals surface area contributed by atoms with Gasteiger partial charge in [0, 0.05) is 14.9 Å². The smallest absolute Gasteiger partial charge is 0.226 e. The third-order valence-electron chi connectivity index (χ3n) is 2.53. The first-order chi connectivity index (χ1) is 9.69. The van der Waals surface area contributed by atoms with E-state index in [1.165, 1.54) is 0 Å². The summed E-state index contributed by atoms with van der Waals surface area (Å²) in [6.07, 6.45) is 0. The van der Waals surface area contributed by atoms with Gasteiger partial charge in [0.25, 0.3) is 0 Å². The second kappa shape index (κ2) is 6.79. The van der Waals surface area contributed by atoms with Crippen LogP contribution in [0.5, 0.6) is 0 Å². The van der Waals surface area contributed by atoms with Crippen LogP contribution >= 0.6 is 15.9 Å². The molecule has 102 valence electrons. The Labute approximate surface area is 123 Å². The van der Waals surface area contributed by atoms with Crippen molar-refractivity contribution in [1.29, 1.82) is 0 Å². The molecule has 1 amide bonds. The van der Waals surface area contributed by atoms with Gasteiger partial charge < -0.3 is 9.73 Å². The second-order valence-corrected chi connectivity index (χ2v) is 4.85. The fourth-order valence-electron chi connectivity index (χ4n) is 1.58. The van der Waals surface area contributed by atoms with E-state index >= 15 is 0 Å². The van der Waals surface area contributed by atoms with E-state index < -0.39 is 0 Å². The van der Waals surface area contributed by atoms with Crippen molar-refractivity contribution in [2.45, 2.75) is 6.54 Å². The summed E-state index contributed by atoms with van der Waals surface area (Å²) in [5.74, 6) is 1.03. The zero-order valence-corrected chi connectivity index (χ0v) is 12.0. The molecule has 0 saturated carbocycles. The molecule has 0 fully saturated rings. The molecule has 0 aliphatic heterocycles. The Morgan fingerprint density at radius 1 is 1.30 bits per heavy atom. The number of benzene rings is 1. The first kappa shape index (κ1) is 14.2. The molecule has 1 aromatic heterocycles. The highest BCUT2D eigenvalue weighted by molar-refractivity contribution is 9.10. The van der Waals surface area contributed by atoms with Crippen LogP contribution in [0.3, 0.4) is 0 Å². The maximum atomic E-state index is 11.3. The number of hydrogen-bond donors (Lipinski definition) is 1. The van der Waals surface area contributed by atoms with Gasteiger partial charge in [0.05, 0.1) is 6.54 Å². The average molecular weight is 335 g/mol. The van der Waals surface area contributed by atoms with Crippen LogP contribution in [0.4, 0.5) is 0 Å². The van der Waals surface area contributed by atoms with E-state index in [1.54, 1.807) is 6.07 Å². The summed E-state index contributed by atoms with van der Waals surface area (Å²) < 4.78 is 6.63. The highest BCUT2D eigenvalue weighted by atomic mass is 79.9. The lowest BCUT2D eigenvalue weighted by Gasteiger charge is -2.00. The number of nitrogens with zero attached hydrogens (tertiary/aromatic N) is 3. The summed E-state index contributed by atoms with van der Waals surface area (Å²) >= 11 is 3.37. The van der Waals surface area contributed by atoms with Crippen LogP contribution in [0.15, 0.2) is 50.4 Å². The minimum atomic E-state index is -0.343. The van der Waals surface area contributed by atoms with Crippen molar-refractivity contribution in [2.75, 3.05) is 6.54 Å². The molecule has 7 heteroatoms. The van der Waals surface area contributed by atoms with E-state index in [-0.39, 0.29) is 19.0 Å². The predicted molar refractivity (Wildman–Crippen MR) is 77.7 cm³/mol. The lowest BCUT2D eigenvalue weighted by Crippen LogP contribution is -2.24. The van der Waals surface area contributed by atoms with Gasteiger partial charge in [-0.1, -0.05) is 33.2 Å². The number of azide groups is 1. The number of nitrogens with one attached hydrogen (secondary N) is 1. The zero-order chi connectivity index (χ0) is 14.4. The molecule has 1 aromatic carbocycles. The van der Waals surface area contributed by atoms with E-state index in [0.29, 0.717) is 5.76 Å². The van der Waals surface area contributed by atoms with Crippen molar-refractivity contribution >= 4 is 21.8 Å². The Bertz CT molecular complexity index is 645. The lowest BCUT2D eigenvalue weighted by atomic mass is 10.2. The van der Waals surface area contributed by atoms with Crippen LogP contribution in [0, 0.1) is 0 Å². The second-order valence-electron chi connectivity index (χ2n) is 3.94. The van der Waals surface area contributed by atoms with Crippen molar-refractivity contribution < 1.29 is 9.21 Å². The molecule has 0 spiro atoms. The topological polar surface area (TPSA) is 91.0 Å². The molecule has 0 aliphatic rings. The van der Waals surface area contributed by atoms with Gasteiger partial charge in [0.2, 0.25) is 5.91 Å². The van der Waals surface area contributed by atoms with Crippen molar-refractivity contribution in [3.8, 4) is 11.3 Å². The van der Waals surface area contributed by atoms with Gasteiger partial charge in [-0.15, -0.1) is 0 Å². The van der Waals surface area contributed by atoms with E-state index in [9.17, 15) is 4.79 Å². The van der Waals surface area contributed by atoms with Crippen LogP contribution < -0.4 is 5.32 Å². The normalized spacial score (nSPS) is 9.85. The molecule has 6 nitrogen and oxygen atoms in total. The van der Waals surface area contributed by atoms with Gasteiger partial charge in [0.1, 0.15) is 18.1 Å². The highest BCUT2D eigenvalue weighted by Crippen LogP contribution is 2.23. The van der Waals surface area contributed by atoms with Crippen LogP contribution in [-0.2, 0) is 11.3 Å². The van der Waals surface area contributed by atoms with Crippen molar-refractivity contribution in [1.82, 2.24) is 5.32 Å². The first-order valence-corrected chi connectivity index (χ1v) is 6.60. The molecule has 0 bridgehead atoms. The first-order valence-electron chi connectivity index (χ1n) is 5.81. The predicted octanol–water partition coefficient (Wildman–Crippen LogP) is 3.64. The molecule has 0 saturated heterocycles. The molecule has 1 N–H and O–H groups in total. The number of carbonyl (C=O) groups excluding carboxylic acids is 1. The maximum Gasteiger partial charge on any atom is 0.226 e. The summed E-state index contributed by atoms with van der Waals surface area (Å²) in [6, 6.07) is 11.4. The van der Waals surface area contributed by atoms with Gasteiger partial charge in [0.15, 0.2) is 0 Å². The van der Waals surface area contributed by atoms with E-state index in [0.717, 1.165) is 15.8 Å². The number of hydrogen-bond acceptors (Lipinski definition) is 3. The Balaban J connectivity index is 1.97. The van der Waals surface area contributed by atoms with Gasteiger partial charge >= 0.3 is 0 Å². The van der Waals surface area contributed by atoms with Gasteiger partial charge in [-0.3, -0.25) is 4.79 Å². The summed E-state index contributed by atoms with van der Waals surface area (Å²) in [6.45, 7) is 0.0487. The number of halogens is 1. The molecule has 1 heterocycles. The SMILES string of the molecule is [N-]=[N+]=NCC(=O)NCc1ccc(-c2ccc(Br)cc2)o1. The van der Waals surface area contributed by atoms with E-state index in [2.05, 4.69) is 31.3 Å². The molecule has 0 unspecified atom stereocenters. The Morgan fingerprint density at radius 2 is 2.05 bits per heavy atom. The minimum Gasteiger partial charge on any atom is -0.459 e. The highest BCUT2D eigenvalue weighted by Gasteiger charge is 2.06. The molecule has 20 heavy (non-hydrogen) atoms.